The van der Waals surface area contributed by atoms with Crippen LogP contribution >= 0.6 is 0 Å². The third-order valence-electron chi connectivity index (χ3n) is 4.05. The first-order chi connectivity index (χ1) is 8.64. The number of carbonyl (C=O) groups excluding carboxylic acids is 1. The van der Waals surface area contributed by atoms with Gasteiger partial charge < -0.3 is 9.84 Å². The molecule has 0 aliphatic rings. The molecule has 0 aliphatic heterocycles. The molecule has 0 heterocycles. The summed E-state index contributed by atoms with van der Waals surface area (Å²) < 4.78 is 5.31. The van der Waals surface area contributed by atoms with Crippen LogP contribution in [0.5, 0.6) is 0 Å². The van der Waals surface area contributed by atoms with Gasteiger partial charge in [0.25, 0.3) is 0 Å². The number of carboxylic acid groups (broad SMARTS) is 1. The molecule has 0 saturated carbocycles. The highest BCUT2D eigenvalue weighted by Gasteiger charge is 2.43. The average molecular weight is 286 g/mol. The molecule has 0 spiro atoms. The zero-order valence-electron chi connectivity index (χ0n) is 12.8. The van der Waals surface area contributed by atoms with E-state index in [1.165, 1.54) is 0 Å². The van der Waals surface area contributed by atoms with E-state index in [0.717, 1.165) is 12.2 Å². The van der Waals surface area contributed by atoms with Gasteiger partial charge in [0.2, 0.25) is 0 Å². The Morgan fingerprint density at radius 1 is 1.00 bits per heavy atom. The molecule has 19 heavy (non-hydrogen) atoms. The minimum absolute atomic E-state index is 0.447. The minimum Gasteiger partial charge on any atom is -0.478 e. The van der Waals surface area contributed by atoms with Gasteiger partial charge in [-0.2, -0.15) is 0 Å². The number of esters is 1. The van der Waals surface area contributed by atoms with Gasteiger partial charge in [-0.1, -0.05) is 41.5 Å². The normalized spacial score (nSPS) is 12.7. The van der Waals surface area contributed by atoms with Crippen molar-refractivity contribution in [1.29, 1.82) is 0 Å². The van der Waals surface area contributed by atoms with Gasteiger partial charge in [-0.15, -0.1) is 0 Å². The molecule has 0 bridgehead atoms. The van der Waals surface area contributed by atoms with Gasteiger partial charge in [0.15, 0.2) is 0 Å². The summed E-state index contributed by atoms with van der Waals surface area (Å²) in [5, 5.41) is 8.47. The van der Waals surface area contributed by atoms with Gasteiger partial charge in [0, 0.05) is 12.2 Å². The molecule has 4 nitrogen and oxygen atoms in total. The molecule has 0 aromatic carbocycles. The van der Waals surface area contributed by atoms with Gasteiger partial charge in [-0.25, -0.2) is 9.59 Å². The van der Waals surface area contributed by atoms with Gasteiger partial charge >= 0.3 is 11.9 Å². The van der Waals surface area contributed by atoms with Crippen molar-refractivity contribution >= 4 is 20.0 Å². The number of rotatable bonds is 7. The van der Waals surface area contributed by atoms with Crippen LogP contribution in [0.1, 0.15) is 41.5 Å². The van der Waals surface area contributed by atoms with E-state index in [9.17, 15) is 9.59 Å². The summed E-state index contributed by atoms with van der Waals surface area (Å²) in [7, 11) is -1.77. The predicted octanol–water partition coefficient (Wildman–Crippen LogP) is 3.39. The number of carboxylic acids is 1. The number of hydrogen-bond acceptors (Lipinski definition) is 3. The molecule has 0 aromatic rings. The maximum Gasteiger partial charge on any atom is 0.330 e. The van der Waals surface area contributed by atoms with Gasteiger partial charge in [-0.3, -0.25) is 0 Å². The molecule has 0 aliphatic carbocycles. The second-order valence-corrected chi connectivity index (χ2v) is 11.8. The fraction of sp³-hybridized carbons (Fsp3) is 0.714. The van der Waals surface area contributed by atoms with Crippen molar-refractivity contribution in [3.05, 3.63) is 12.2 Å². The van der Waals surface area contributed by atoms with Crippen molar-refractivity contribution in [1.82, 2.24) is 0 Å². The Hall–Kier alpha value is -1.10. The highest BCUT2D eigenvalue weighted by molar-refractivity contribution is 6.83. The lowest BCUT2D eigenvalue weighted by atomic mass is 10.5. The maximum atomic E-state index is 11.5. The molecule has 0 aromatic heterocycles. The van der Waals surface area contributed by atoms with Crippen molar-refractivity contribution in [2.75, 3.05) is 6.23 Å². The first-order valence-corrected chi connectivity index (χ1v) is 9.16. The Kier molecular flexibility index (Phi) is 7.04. The fourth-order valence-electron chi connectivity index (χ4n) is 2.88. The lowest BCUT2D eigenvalue weighted by molar-refractivity contribution is -0.137. The van der Waals surface area contributed by atoms with Gasteiger partial charge in [0.05, 0.1) is 6.23 Å². The van der Waals surface area contributed by atoms with Crippen LogP contribution in [0.25, 0.3) is 0 Å². The summed E-state index contributed by atoms with van der Waals surface area (Å²) in [4.78, 5) is 21.9. The summed E-state index contributed by atoms with van der Waals surface area (Å²) in [6.07, 6.45) is 2.23. The Morgan fingerprint density at radius 3 is 1.74 bits per heavy atom. The van der Waals surface area contributed by atoms with E-state index in [2.05, 4.69) is 41.5 Å². The summed E-state index contributed by atoms with van der Waals surface area (Å²) in [5.41, 5.74) is 1.51. The van der Waals surface area contributed by atoms with E-state index in [4.69, 9.17) is 9.84 Å². The van der Waals surface area contributed by atoms with E-state index in [1.807, 2.05) is 0 Å². The molecule has 0 fully saturated rings. The van der Waals surface area contributed by atoms with Crippen LogP contribution in [0.4, 0.5) is 0 Å². The van der Waals surface area contributed by atoms with Crippen LogP contribution in [0.15, 0.2) is 12.2 Å². The molecule has 110 valence electrons. The van der Waals surface area contributed by atoms with Crippen LogP contribution in [0, 0.1) is 0 Å². The lowest BCUT2D eigenvalue weighted by Gasteiger charge is -2.42. The second-order valence-electron chi connectivity index (χ2n) is 5.86. The zero-order valence-corrected chi connectivity index (χ0v) is 13.8. The lowest BCUT2D eigenvalue weighted by Crippen LogP contribution is -2.49. The van der Waals surface area contributed by atoms with Crippen LogP contribution in [0.2, 0.25) is 16.6 Å². The first-order valence-electron chi connectivity index (χ1n) is 6.72. The molecule has 0 saturated heterocycles. The number of aliphatic carboxylic acids is 1. The van der Waals surface area contributed by atoms with Crippen LogP contribution < -0.4 is 0 Å². The van der Waals surface area contributed by atoms with Gasteiger partial charge in [0.1, 0.15) is 8.07 Å². The molecule has 0 atom stereocenters. The molecule has 0 unspecified atom stereocenters. The number of carbonyl (C=O) groups is 2. The molecule has 1 N–H and O–H groups in total. The Morgan fingerprint density at radius 2 is 1.42 bits per heavy atom. The Bertz CT molecular complexity index is 324. The molecular formula is C14H26O4Si. The summed E-state index contributed by atoms with van der Waals surface area (Å²) in [5.74, 6) is -1.71. The SMILES string of the molecule is CC(C)[Si](COC(=O)C=CC(=O)O)(C(C)C)C(C)C. The first kappa shape index (κ1) is 17.9. The van der Waals surface area contributed by atoms with Crippen LogP contribution in [-0.2, 0) is 14.3 Å². The largest absolute Gasteiger partial charge is 0.478 e. The third kappa shape index (κ3) is 4.82. The average Bonchev–Trinajstić information content (AvgIpc) is 2.25. The summed E-state index contributed by atoms with van der Waals surface area (Å²) in [6, 6.07) is 0. The molecular weight excluding hydrogens is 260 g/mol. The van der Waals surface area contributed by atoms with Crippen molar-refractivity contribution in [3.8, 4) is 0 Å². The van der Waals surface area contributed by atoms with Crippen LogP contribution in [-0.4, -0.2) is 31.3 Å². The second kappa shape index (κ2) is 7.48. The zero-order chi connectivity index (χ0) is 15.2. The maximum absolute atomic E-state index is 11.5. The molecule has 0 radical (unpaired) electrons. The summed E-state index contributed by atoms with van der Waals surface area (Å²) >= 11 is 0. The van der Waals surface area contributed by atoms with Crippen molar-refractivity contribution in [2.45, 2.75) is 58.2 Å². The predicted molar refractivity (Wildman–Crippen MR) is 78.8 cm³/mol. The highest BCUT2D eigenvalue weighted by Crippen LogP contribution is 2.41. The smallest absolute Gasteiger partial charge is 0.330 e. The van der Waals surface area contributed by atoms with E-state index in [-0.39, 0.29) is 0 Å². The van der Waals surface area contributed by atoms with E-state index in [0.29, 0.717) is 22.9 Å². The van der Waals surface area contributed by atoms with Crippen molar-refractivity contribution in [2.24, 2.45) is 0 Å². The minimum atomic E-state index is -1.77. The van der Waals surface area contributed by atoms with Crippen molar-refractivity contribution < 1.29 is 19.4 Å². The highest BCUT2D eigenvalue weighted by atomic mass is 28.3. The van der Waals surface area contributed by atoms with Crippen molar-refractivity contribution in [3.63, 3.8) is 0 Å². The fourth-order valence-corrected chi connectivity index (χ4v) is 8.28. The third-order valence-corrected chi connectivity index (χ3v) is 11.1. The monoisotopic (exact) mass is 286 g/mol. The Labute approximate surface area is 116 Å². The molecule has 5 heteroatoms. The number of ether oxygens (including phenoxy) is 1. The van der Waals surface area contributed by atoms with Crippen LogP contribution in [0.3, 0.4) is 0 Å². The van der Waals surface area contributed by atoms with E-state index < -0.39 is 20.0 Å². The van der Waals surface area contributed by atoms with E-state index >= 15 is 0 Å². The van der Waals surface area contributed by atoms with E-state index in [1.54, 1.807) is 0 Å². The molecule has 0 amide bonds. The van der Waals surface area contributed by atoms with Gasteiger partial charge in [-0.05, 0) is 16.6 Å². The number of hydrogen-bond donors (Lipinski definition) is 1. The topological polar surface area (TPSA) is 63.6 Å². The molecule has 0 rings (SSSR count). The summed E-state index contributed by atoms with van der Waals surface area (Å²) in [6.45, 7) is 13.1. The Balaban J connectivity index is 4.86. The standard InChI is InChI=1S/C14H26O4Si/c1-10(2)19(11(3)4,12(5)6)9-18-14(17)8-7-13(15)16/h7-8,10-12H,9H2,1-6H3,(H,15,16). The quantitative estimate of drug-likeness (QED) is 0.442.